The van der Waals surface area contributed by atoms with Crippen LogP contribution < -0.4 is 0 Å². The third-order valence-electron chi connectivity index (χ3n) is 4.64. The molecule has 0 unspecified atom stereocenters. The van der Waals surface area contributed by atoms with Crippen LogP contribution in [-0.4, -0.2) is 13.2 Å². The Kier molecular flexibility index (Phi) is 3.96. The molecule has 2 aromatic carbocycles. The fourth-order valence-corrected chi connectivity index (χ4v) is 4.47. The standard InChI is InChI=1S/C20H22O2S/c1-14(2)15-9-10-19-17(13-15)20(21-11-5-6-12-22-20)16-7-3-4-8-18(16)23-19/h3-4,7-10,13-14H,5-6,11-12H2,1-2H3. The molecular weight excluding hydrogens is 304 g/mol. The Morgan fingerprint density at radius 2 is 1.61 bits per heavy atom. The van der Waals surface area contributed by atoms with Crippen molar-refractivity contribution in [2.45, 2.75) is 48.2 Å². The van der Waals surface area contributed by atoms with Crippen LogP contribution in [-0.2, 0) is 15.3 Å². The van der Waals surface area contributed by atoms with E-state index in [0.717, 1.165) is 31.6 Å². The van der Waals surface area contributed by atoms with Gasteiger partial charge in [0.1, 0.15) is 0 Å². The second kappa shape index (κ2) is 5.97. The largest absolute Gasteiger partial charge is 0.342 e. The van der Waals surface area contributed by atoms with Gasteiger partial charge in [-0.05, 0) is 42.5 Å². The zero-order chi connectivity index (χ0) is 15.9. The molecule has 0 aliphatic carbocycles. The summed E-state index contributed by atoms with van der Waals surface area (Å²) in [5.41, 5.74) is 3.66. The summed E-state index contributed by atoms with van der Waals surface area (Å²) in [5.74, 6) is -0.247. The van der Waals surface area contributed by atoms with Gasteiger partial charge in [-0.15, -0.1) is 0 Å². The van der Waals surface area contributed by atoms with E-state index in [0.29, 0.717) is 5.92 Å². The SMILES string of the molecule is CC(C)c1ccc2c(c1)C1(OCCCCO1)c1ccccc1S2. The smallest absolute Gasteiger partial charge is 0.224 e. The van der Waals surface area contributed by atoms with Crippen molar-refractivity contribution in [2.24, 2.45) is 0 Å². The first kappa shape index (κ1) is 15.3. The first-order valence-corrected chi connectivity index (χ1v) is 9.22. The molecule has 1 spiro atoms. The molecule has 4 rings (SSSR count). The van der Waals surface area contributed by atoms with Gasteiger partial charge in [0, 0.05) is 20.9 Å². The van der Waals surface area contributed by atoms with Crippen LogP contribution in [0.4, 0.5) is 0 Å². The maximum absolute atomic E-state index is 6.38. The molecule has 0 aromatic heterocycles. The third-order valence-corrected chi connectivity index (χ3v) is 5.79. The molecule has 2 aliphatic heterocycles. The van der Waals surface area contributed by atoms with E-state index in [1.807, 2.05) is 11.8 Å². The van der Waals surface area contributed by atoms with Crippen LogP contribution >= 0.6 is 11.8 Å². The summed E-state index contributed by atoms with van der Waals surface area (Å²) < 4.78 is 12.8. The van der Waals surface area contributed by atoms with Crippen molar-refractivity contribution in [3.05, 3.63) is 59.2 Å². The molecule has 0 atom stereocenters. The fraction of sp³-hybridized carbons (Fsp3) is 0.400. The molecule has 2 aliphatic rings. The summed E-state index contributed by atoms with van der Waals surface area (Å²) in [6.07, 6.45) is 2.10. The molecular formula is C20H22O2S. The van der Waals surface area contributed by atoms with Gasteiger partial charge in [-0.3, -0.25) is 0 Å². The highest BCUT2D eigenvalue weighted by atomic mass is 32.2. The Bertz CT molecular complexity index is 715. The monoisotopic (exact) mass is 326 g/mol. The molecule has 0 radical (unpaired) electrons. The lowest BCUT2D eigenvalue weighted by atomic mass is 9.92. The van der Waals surface area contributed by atoms with Gasteiger partial charge in [0.25, 0.3) is 0 Å². The Morgan fingerprint density at radius 1 is 0.913 bits per heavy atom. The Hall–Kier alpha value is -1.29. The van der Waals surface area contributed by atoms with Gasteiger partial charge < -0.3 is 9.47 Å². The van der Waals surface area contributed by atoms with Gasteiger partial charge in [0.15, 0.2) is 0 Å². The first-order chi connectivity index (χ1) is 11.2. The normalized spacial score (nSPS) is 19.3. The second-order valence-electron chi connectivity index (χ2n) is 6.53. The van der Waals surface area contributed by atoms with Crippen molar-refractivity contribution < 1.29 is 9.47 Å². The van der Waals surface area contributed by atoms with Crippen molar-refractivity contribution in [1.82, 2.24) is 0 Å². The minimum Gasteiger partial charge on any atom is -0.342 e. The van der Waals surface area contributed by atoms with E-state index < -0.39 is 5.79 Å². The van der Waals surface area contributed by atoms with Crippen LogP contribution in [0.5, 0.6) is 0 Å². The third kappa shape index (κ3) is 2.51. The highest BCUT2D eigenvalue weighted by molar-refractivity contribution is 7.99. The lowest BCUT2D eigenvalue weighted by Gasteiger charge is -2.39. The molecule has 23 heavy (non-hydrogen) atoms. The van der Waals surface area contributed by atoms with Crippen molar-refractivity contribution >= 4 is 11.8 Å². The average Bonchev–Trinajstić information content (AvgIpc) is 2.82. The molecule has 2 nitrogen and oxygen atoms in total. The van der Waals surface area contributed by atoms with Crippen molar-refractivity contribution in [3.63, 3.8) is 0 Å². The first-order valence-electron chi connectivity index (χ1n) is 8.40. The molecule has 1 saturated heterocycles. The summed E-state index contributed by atoms with van der Waals surface area (Å²) >= 11 is 1.82. The molecule has 120 valence electrons. The summed E-state index contributed by atoms with van der Waals surface area (Å²) in [7, 11) is 0. The van der Waals surface area contributed by atoms with Crippen LogP contribution in [0.3, 0.4) is 0 Å². The predicted molar refractivity (Wildman–Crippen MR) is 93.0 cm³/mol. The molecule has 1 fully saturated rings. The summed E-state index contributed by atoms with van der Waals surface area (Å²) in [4.78, 5) is 2.48. The zero-order valence-corrected chi connectivity index (χ0v) is 14.5. The Labute approximate surface area is 142 Å². The molecule has 0 saturated carbocycles. The number of hydrogen-bond donors (Lipinski definition) is 0. The number of hydrogen-bond acceptors (Lipinski definition) is 3. The number of benzene rings is 2. The molecule has 2 aromatic rings. The number of rotatable bonds is 1. The van der Waals surface area contributed by atoms with Crippen LogP contribution in [0.1, 0.15) is 49.3 Å². The van der Waals surface area contributed by atoms with E-state index >= 15 is 0 Å². The summed E-state index contributed by atoms with van der Waals surface area (Å²) in [6, 6.07) is 15.2. The van der Waals surface area contributed by atoms with Gasteiger partial charge in [0.05, 0.1) is 13.2 Å². The predicted octanol–water partition coefficient (Wildman–Crippen LogP) is 5.30. The van der Waals surface area contributed by atoms with E-state index in [-0.39, 0.29) is 0 Å². The van der Waals surface area contributed by atoms with E-state index in [1.54, 1.807) is 0 Å². The number of fused-ring (bicyclic) bond motifs is 4. The highest BCUT2D eigenvalue weighted by Crippen LogP contribution is 2.51. The van der Waals surface area contributed by atoms with Gasteiger partial charge in [-0.25, -0.2) is 0 Å². The van der Waals surface area contributed by atoms with E-state index in [4.69, 9.17) is 9.47 Å². The molecule has 2 heterocycles. The van der Waals surface area contributed by atoms with Crippen LogP contribution in [0.2, 0.25) is 0 Å². The van der Waals surface area contributed by atoms with Crippen molar-refractivity contribution in [3.8, 4) is 0 Å². The number of ether oxygens (including phenoxy) is 2. The summed E-state index contributed by atoms with van der Waals surface area (Å²) in [6.45, 7) is 5.94. The van der Waals surface area contributed by atoms with Crippen molar-refractivity contribution in [2.75, 3.05) is 13.2 Å². The van der Waals surface area contributed by atoms with Crippen LogP contribution in [0.25, 0.3) is 0 Å². The molecule has 0 N–H and O–H groups in total. The molecule has 3 heteroatoms. The maximum Gasteiger partial charge on any atom is 0.224 e. The minimum atomic E-state index is -0.738. The van der Waals surface area contributed by atoms with Gasteiger partial charge >= 0.3 is 0 Å². The molecule has 0 amide bonds. The van der Waals surface area contributed by atoms with E-state index in [1.165, 1.54) is 20.9 Å². The van der Waals surface area contributed by atoms with Crippen LogP contribution in [0.15, 0.2) is 52.3 Å². The topological polar surface area (TPSA) is 18.5 Å². The van der Waals surface area contributed by atoms with Gasteiger partial charge in [0.2, 0.25) is 5.79 Å². The fourth-order valence-electron chi connectivity index (χ4n) is 3.33. The lowest BCUT2D eigenvalue weighted by Crippen LogP contribution is -2.36. The quantitative estimate of drug-likeness (QED) is 0.708. The highest BCUT2D eigenvalue weighted by Gasteiger charge is 2.44. The van der Waals surface area contributed by atoms with E-state index in [9.17, 15) is 0 Å². The van der Waals surface area contributed by atoms with Crippen molar-refractivity contribution in [1.29, 1.82) is 0 Å². The lowest BCUT2D eigenvalue weighted by molar-refractivity contribution is -0.208. The zero-order valence-electron chi connectivity index (χ0n) is 13.7. The van der Waals surface area contributed by atoms with Crippen LogP contribution in [0, 0.1) is 0 Å². The molecule has 0 bridgehead atoms. The summed E-state index contributed by atoms with van der Waals surface area (Å²) in [5, 5.41) is 0. The van der Waals surface area contributed by atoms with Gasteiger partial charge in [-0.2, -0.15) is 0 Å². The second-order valence-corrected chi connectivity index (χ2v) is 7.61. The average molecular weight is 326 g/mol. The maximum atomic E-state index is 6.38. The van der Waals surface area contributed by atoms with Gasteiger partial charge in [-0.1, -0.05) is 49.9 Å². The Balaban J connectivity index is 1.94. The Morgan fingerprint density at radius 3 is 2.35 bits per heavy atom. The minimum absolute atomic E-state index is 0.491. The van der Waals surface area contributed by atoms with E-state index in [2.05, 4.69) is 56.3 Å².